The molecule has 1 aliphatic carbocycles. The van der Waals surface area contributed by atoms with E-state index in [4.69, 9.17) is 0 Å². The minimum absolute atomic E-state index is 0.0543. The Labute approximate surface area is 105 Å². The maximum atomic E-state index is 12.9. The first kappa shape index (κ1) is 13.2. The molecule has 100 valence electrons. The van der Waals surface area contributed by atoms with Gasteiger partial charge in [-0.15, -0.1) is 0 Å². The molecule has 4 heteroatoms. The summed E-state index contributed by atoms with van der Waals surface area (Å²) in [5, 5.41) is 3.09. The Morgan fingerprint density at radius 2 is 1.89 bits per heavy atom. The van der Waals surface area contributed by atoms with Crippen molar-refractivity contribution in [3.63, 3.8) is 0 Å². The molecule has 1 unspecified atom stereocenters. The second-order valence-electron chi connectivity index (χ2n) is 5.62. The van der Waals surface area contributed by atoms with Crippen molar-refractivity contribution in [3.05, 3.63) is 29.8 Å². The predicted octanol–water partition coefficient (Wildman–Crippen LogP) is 4.70. The lowest BCUT2D eigenvalue weighted by Gasteiger charge is -2.29. The molecule has 1 aromatic rings. The summed E-state index contributed by atoms with van der Waals surface area (Å²) < 4.78 is 38.6. The normalized spacial score (nSPS) is 23.1. The molecule has 1 atom stereocenters. The Bertz CT molecular complexity index is 423. The summed E-state index contributed by atoms with van der Waals surface area (Å²) in [5.41, 5.74) is -0.323. The lowest BCUT2D eigenvalue weighted by molar-refractivity contribution is -0.137. The summed E-state index contributed by atoms with van der Waals surface area (Å²) in [6.07, 6.45) is -1.25. The highest BCUT2D eigenvalue weighted by Gasteiger charge is 2.37. The molecular weight excluding hydrogens is 239 g/mol. The Morgan fingerprint density at radius 3 is 2.44 bits per heavy atom. The molecule has 0 spiro atoms. The zero-order chi connectivity index (χ0) is 13.4. The molecule has 1 aromatic carbocycles. The molecule has 0 heterocycles. The third-order valence-corrected chi connectivity index (χ3v) is 3.82. The zero-order valence-electron chi connectivity index (χ0n) is 10.6. The fourth-order valence-corrected chi connectivity index (χ4v) is 2.64. The Morgan fingerprint density at radius 1 is 1.22 bits per heavy atom. The average Bonchev–Trinajstić information content (AvgIpc) is 2.58. The maximum absolute atomic E-state index is 12.9. The minimum atomic E-state index is -4.30. The van der Waals surface area contributed by atoms with Gasteiger partial charge in [-0.1, -0.05) is 32.4 Å². The van der Waals surface area contributed by atoms with Crippen molar-refractivity contribution in [1.82, 2.24) is 0 Å². The van der Waals surface area contributed by atoms with Crippen molar-refractivity contribution in [1.29, 1.82) is 0 Å². The number of halogens is 3. The molecule has 18 heavy (non-hydrogen) atoms. The highest BCUT2D eigenvalue weighted by atomic mass is 19.4. The van der Waals surface area contributed by atoms with Gasteiger partial charge in [-0.2, -0.15) is 13.2 Å². The second-order valence-corrected chi connectivity index (χ2v) is 5.62. The van der Waals surface area contributed by atoms with E-state index in [0.29, 0.717) is 0 Å². The van der Waals surface area contributed by atoms with Gasteiger partial charge in [0.1, 0.15) is 0 Å². The number of rotatable bonds is 2. The van der Waals surface area contributed by atoms with E-state index in [1.807, 2.05) is 0 Å². The topological polar surface area (TPSA) is 12.0 Å². The molecule has 0 aliphatic heterocycles. The molecule has 1 nitrogen and oxygen atoms in total. The van der Waals surface area contributed by atoms with Crippen molar-refractivity contribution < 1.29 is 13.2 Å². The quantitative estimate of drug-likeness (QED) is 0.810. The van der Waals surface area contributed by atoms with Gasteiger partial charge in [0.05, 0.1) is 5.56 Å². The lowest BCUT2D eigenvalue weighted by atomic mass is 9.87. The van der Waals surface area contributed by atoms with E-state index in [1.165, 1.54) is 12.1 Å². The first-order valence-corrected chi connectivity index (χ1v) is 6.23. The number of hydrogen-bond acceptors (Lipinski definition) is 1. The van der Waals surface area contributed by atoms with E-state index in [-0.39, 0.29) is 17.1 Å². The Hall–Kier alpha value is -1.19. The molecule has 1 N–H and O–H groups in total. The van der Waals surface area contributed by atoms with E-state index >= 15 is 0 Å². The summed E-state index contributed by atoms with van der Waals surface area (Å²) in [4.78, 5) is 0. The van der Waals surface area contributed by atoms with Crippen LogP contribution < -0.4 is 5.32 Å². The summed E-state index contributed by atoms with van der Waals surface area (Å²) in [7, 11) is 0. The van der Waals surface area contributed by atoms with Crippen molar-refractivity contribution in [3.8, 4) is 0 Å². The third kappa shape index (κ3) is 2.62. The molecule has 1 saturated carbocycles. The third-order valence-electron chi connectivity index (χ3n) is 3.82. The molecule has 2 rings (SSSR count). The molecule has 0 bridgehead atoms. The van der Waals surface area contributed by atoms with Crippen LogP contribution >= 0.6 is 0 Å². The molecule has 0 radical (unpaired) electrons. The van der Waals surface area contributed by atoms with Crippen molar-refractivity contribution in [2.24, 2.45) is 5.41 Å². The summed E-state index contributed by atoms with van der Waals surface area (Å²) in [6.45, 7) is 4.21. The summed E-state index contributed by atoms with van der Waals surface area (Å²) >= 11 is 0. The molecule has 0 amide bonds. The van der Waals surface area contributed by atoms with Gasteiger partial charge in [-0.05, 0) is 30.4 Å². The molecule has 0 saturated heterocycles. The molecular formula is C14H18F3N. The van der Waals surface area contributed by atoms with Gasteiger partial charge in [0.15, 0.2) is 0 Å². The highest BCUT2D eigenvalue weighted by molar-refractivity contribution is 5.53. The second kappa shape index (κ2) is 4.48. The monoisotopic (exact) mass is 257 g/mol. The van der Waals surface area contributed by atoms with Crippen LogP contribution in [0.5, 0.6) is 0 Å². The van der Waals surface area contributed by atoms with Crippen molar-refractivity contribution in [2.45, 2.75) is 45.3 Å². The number of hydrogen-bond donors (Lipinski definition) is 1. The van der Waals surface area contributed by atoms with Crippen LogP contribution in [0.3, 0.4) is 0 Å². The Balaban J connectivity index is 2.25. The van der Waals surface area contributed by atoms with Crippen molar-refractivity contribution in [2.75, 3.05) is 5.32 Å². The van der Waals surface area contributed by atoms with Crippen LogP contribution in [0.2, 0.25) is 0 Å². The van der Waals surface area contributed by atoms with E-state index in [2.05, 4.69) is 19.2 Å². The highest BCUT2D eigenvalue weighted by Crippen LogP contribution is 2.41. The number of alkyl halides is 3. The summed E-state index contributed by atoms with van der Waals surface area (Å²) in [6, 6.07) is 5.82. The minimum Gasteiger partial charge on any atom is -0.381 e. The standard InChI is InChI=1S/C14H18F3N/c1-13(2)9-5-8-12(13)18-11-7-4-3-6-10(11)14(15,16)17/h3-4,6-7,12,18H,5,8-9H2,1-2H3. The van der Waals surface area contributed by atoms with Crippen LogP contribution in [0.25, 0.3) is 0 Å². The van der Waals surface area contributed by atoms with Crippen LogP contribution in [0, 0.1) is 5.41 Å². The van der Waals surface area contributed by atoms with Crippen LogP contribution in [0.4, 0.5) is 18.9 Å². The number of benzene rings is 1. The fourth-order valence-electron chi connectivity index (χ4n) is 2.64. The van der Waals surface area contributed by atoms with Gasteiger partial charge in [0.2, 0.25) is 0 Å². The fraction of sp³-hybridized carbons (Fsp3) is 0.571. The van der Waals surface area contributed by atoms with Gasteiger partial charge in [0, 0.05) is 11.7 Å². The maximum Gasteiger partial charge on any atom is 0.418 e. The van der Waals surface area contributed by atoms with Gasteiger partial charge >= 0.3 is 6.18 Å². The molecule has 1 fully saturated rings. The smallest absolute Gasteiger partial charge is 0.381 e. The number of anilines is 1. The van der Waals surface area contributed by atoms with E-state index in [0.717, 1.165) is 25.3 Å². The van der Waals surface area contributed by atoms with Crippen LogP contribution in [0.15, 0.2) is 24.3 Å². The number of para-hydroxylation sites is 1. The largest absolute Gasteiger partial charge is 0.418 e. The lowest BCUT2D eigenvalue weighted by Crippen LogP contribution is -2.31. The van der Waals surface area contributed by atoms with Crippen LogP contribution in [-0.4, -0.2) is 6.04 Å². The van der Waals surface area contributed by atoms with Gasteiger partial charge in [0.25, 0.3) is 0 Å². The van der Waals surface area contributed by atoms with E-state index in [9.17, 15) is 13.2 Å². The average molecular weight is 257 g/mol. The van der Waals surface area contributed by atoms with Crippen LogP contribution in [0.1, 0.15) is 38.7 Å². The van der Waals surface area contributed by atoms with Gasteiger partial charge < -0.3 is 5.32 Å². The molecule has 0 aromatic heterocycles. The van der Waals surface area contributed by atoms with Crippen LogP contribution in [-0.2, 0) is 6.18 Å². The van der Waals surface area contributed by atoms with Gasteiger partial charge in [-0.3, -0.25) is 0 Å². The van der Waals surface area contributed by atoms with Gasteiger partial charge in [-0.25, -0.2) is 0 Å². The Kier molecular flexibility index (Phi) is 3.30. The predicted molar refractivity (Wildman–Crippen MR) is 66.5 cm³/mol. The first-order chi connectivity index (χ1) is 8.31. The SMILES string of the molecule is CC1(C)CCCC1Nc1ccccc1C(F)(F)F. The zero-order valence-corrected chi connectivity index (χ0v) is 10.6. The van der Waals surface area contributed by atoms with E-state index in [1.54, 1.807) is 6.07 Å². The number of nitrogens with one attached hydrogen (secondary N) is 1. The summed E-state index contributed by atoms with van der Waals surface area (Å²) in [5.74, 6) is 0. The van der Waals surface area contributed by atoms with Crippen molar-refractivity contribution >= 4 is 5.69 Å². The van der Waals surface area contributed by atoms with E-state index < -0.39 is 11.7 Å². The first-order valence-electron chi connectivity index (χ1n) is 6.23. The molecule has 1 aliphatic rings.